The van der Waals surface area contributed by atoms with Crippen molar-refractivity contribution in [3.05, 3.63) is 65.5 Å². The molecule has 202 valence electrons. The van der Waals surface area contributed by atoms with Crippen LogP contribution in [0.5, 0.6) is 5.75 Å². The van der Waals surface area contributed by atoms with Crippen LogP contribution in [0.25, 0.3) is 0 Å². The van der Waals surface area contributed by atoms with Crippen LogP contribution in [0.1, 0.15) is 56.3 Å². The Labute approximate surface area is 222 Å². The number of piperidine rings is 1. The largest absolute Gasteiger partial charge is 0.505 e. The number of rotatable bonds is 5. The number of imide groups is 1. The average Bonchev–Trinajstić information content (AvgIpc) is 3.40. The van der Waals surface area contributed by atoms with Gasteiger partial charge in [0.1, 0.15) is 0 Å². The second kappa shape index (κ2) is 9.74. The summed E-state index contributed by atoms with van der Waals surface area (Å²) in [5.41, 5.74) is 1.76. The molecule has 0 unspecified atom stereocenters. The number of nitrogens with zero attached hydrogens (tertiary/aromatic N) is 2. The Bertz CT molecular complexity index is 1220. The van der Waals surface area contributed by atoms with Crippen LogP contribution in [-0.4, -0.2) is 56.7 Å². The molecule has 0 aromatic heterocycles. The summed E-state index contributed by atoms with van der Waals surface area (Å²) >= 11 is 0. The van der Waals surface area contributed by atoms with E-state index >= 15 is 0 Å². The summed E-state index contributed by atoms with van der Waals surface area (Å²) in [5.74, 6) is -5.01. The van der Waals surface area contributed by atoms with Crippen molar-refractivity contribution in [1.29, 1.82) is 0 Å². The standard InChI is InChI=1S/C30H35FN2O5/c1-2-20-15-22-27(23-16-26(38-30(20,23)37)19-8-9-25(34)24(31)14-19)29(36)33(28(22)35)21-10-12-32(13-11-21)17-18-6-4-3-5-7-18/h3-9,14,20-23,26-27,34,37H,2,10-13,15-17H2,1H3/t20-,22-,23-,26-,27-,30+/m0/s1. The van der Waals surface area contributed by atoms with Gasteiger partial charge < -0.3 is 14.9 Å². The zero-order chi connectivity index (χ0) is 26.6. The maximum atomic E-state index is 14.1. The lowest BCUT2D eigenvalue weighted by Gasteiger charge is -2.44. The zero-order valence-electron chi connectivity index (χ0n) is 21.6. The monoisotopic (exact) mass is 522 g/mol. The molecule has 4 aliphatic rings. The minimum absolute atomic E-state index is 0.110. The SMILES string of the molecule is CC[C@H]1C[C@@H]2C(=O)N(C3CCN(Cc4ccccc4)CC3)C(=O)[C@@H]2[C@@H]2C[C@@H](c3ccc(O)c(F)c3)O[C@]12O. The van der Waals surface area contributed by atoms with Gasteiger partial charge >= 0.3 is 0 Å². The van der Waals surface area contributed by atoms with Crippen LogP contribution in [0.4, 0.5) is 4.39 Å². The van der Waals surface area contributed by atoms with Crippen LogP contribution < -0.4 is 0 Å². The average molecular weight is 523 g/mol. The summed E-state index contributed by atoms with van der Waals surface area (Å²) < 4.78 is 20.3. The number of hydrogen-bond acceptors (Lipinski definition) is 6. The summed E-state index contributed by atoms with van der Waals surface area (Å²) in [6, 6.07) is 14.2. The summed E-state index contributed by atoms with van der Waals surface area (Å²) in [7, 11) is 0. The summed E-state index contributed by atoms with van der Waals surface area (Å²) in [6.45, 7) is 4.44. The topological polar surface area (TPSA) is 90.3 Å². The van der Waals surface area contributed by atoms with E-state index in [2.05, 4.69) is 17.0 Å². The number of fused-ring (bicyclic) bond motifs is 3. The first-order valence-electron chi connectivity index (χ1n) is 13.8. The Morgan fingerprint density at radius 3 is 2.47 bits per heavy atom. The van der Waals surface area contributed by atoms with E-state index < -0.39 is 41.2 Å². The molecule has 2 N–H and O–H groups in total. The predicted octanol–water partition coefficient (Wildman–Crippen LogP) is 3.99. The fourth-order valence-electron chi connectivity index (χ4n) is 7.44. The molecule has 2 aromatic carbocycles. The molecule has 1 saturated carbocycles. The summed E-state index contributed by atoms with van der Waals surface area (Å²) in [6.07, 6.45) is 2.18. The maximum absolute atomic E-state index is 14.1. The minimum atomic E-state index is -1.56. The lowest BCUT2D eigenvalue weighted by atomic mass is 9.64. The molecular weight excluding hydrogens is 487 g/mol. The Morgan fingerprint density at radius 2 is 1.79 bits per heavy atom. The number of benzene rings is 2. The van der Waals surface area contributed by atoms with Crippen molar-refractivity contribution in [2.24, 2.45) is 23.7 Å². The Balaban J connectivity index is 1.20. The van der Waals surface area contributed by atoms with Gasteiger partial charge in [0.05, 0.1) is 17.9 Å². The van der Waals surface area contributed by atoms with Gasteiger partial charge in [-0.2, -0.15) is 0 Å². The predicted molar refractivity (Wildman–Crippen MR) is 137 cm³/mol. The van der Waals surface area contributed by atoms with Gasteiger partial charge in [-0.05, 0) is 55.4 Å². The van der Waals surface area contributed by atoms with Crippen LogP contribution in [-0.2, 0) is 20.9 Å². The first-order valence-corrected chi connectivity index (χ1v) is 13.8. The molecule has 3 saturated heterocycles. The number of carbonyl (C=O) groups excluding carboxylic acids is 2. The molecule has 7 nitrogen and oxygen atoms in total. The number of phenolic OH excluding ortho intramolecular Hbond substituents is 1. The van der Waals surface area contributed by atoms with Gasteiger partial charge in [0, 0.05) is 37.5 Å². The Morgan fingerprint density at radius 1 is 1.05 bits per heavy atom. The van der Waals surface area contributed by atoms with Crippen molar-refractivity contribution in [2.45, 2.75) is 63.5 Å². The fourth-order valence-corrected chi connectivity index (χ4v) is 7.44. The number of hydrogen-bond donors (Lipinski definition) is 2. The zero-order valence-corrected chi connectivity index (χ0v) is 21.6. The third-order valence-electron chi connectivity index (χ3n) is 9.41. The highest BCUT2D eigenvalue weighted by Gasteiger charge is 2.66. The smallest absolute Gasteiger partial charge is 0.233 e. The van der Waals surface area contributed by atoms with E-state index in [1.807, 2.05) is 25.1 Å². The highest BCUT2D eigenvalue weighted by atomic mass is 19.1. The molecule has 0 bridgehead atoms. The molecule has 3 aliphatic heterocycles. The van der Waals surface area contributed by atoms with E-state index in [-0.39, 0.29) is 23.8 Å². The number of aromatic hydroxyl groups is 1. The first-order chi connectivity index (χ1) is 18.3. The highest BCUT2D eigenvalue weighted by molar-refractivity contribution is 6.05. The van der Waals surface area contributed by atoms with Gasteiger partial charge in [0.25, 0.3) is 0 Å². The van der Waals surface area contributed by atoms with Crippen LogP contribution in [0.2, 0.25) is 0 Å². The molecule has 1 aliphatic carbocycles. The number of amides is 2. The van der Waals surface area contributed by atoms with Gasteiger partial charge in [0.2, 0.25) is 11.8 Å². The second-order valence-electron chi connectivity index (χ2n) is 11.4. The number of carbonyl (C=O) groups is 2. The normalized spacial score (nSPS) is 34.0. The molecule has 3 heterocycles. The molecule has 38 heavy (non-hydrogen) atoms. The highest BCUT2D eigenvalue weighted by Crippen LogP contribution is 2.59. The molecular formula is C30H35FN2O5. The van der Waals surface area contributed by atoms with Crippen LogP contribution in [0, 0.1) is 29.5 Å². The van der Waals surface area contributed by atoms with Crippen molar-refractivity contribution in [3.63, 3.8) is 0 Å². The van der Waals surface area contributed by atoms with Gasteiger partial charge in [-0.25, -0.2) is 4.39 Å². The van der Waals surface area contributed by atoms with Gasteiger partial charge in [-0.1, -0.05) is 43.3 Å². The maximum Gasteiger partial charge on any atom is 0.233 e. The van der Waals surface area contributed by atoms with Crippen molar-refractivity contribution in [1.82, 2.24) is 9.80 Å². The van der Waals surface area contributed by atoms with E-state index in [1.165, 1.54) is 22.6 Å². The van der Waals surface area contributed by atoms with E-state index in [9.17, 15) is 24.2 Å². The van der Waals surface area contributed by atoms with E-state index in [4.69, 9.17) is 4.74 Å². The summed E-state index contributed by atoms with van der Waals surface area (Å²) in [5, 5.41) is 21.4. The number of likely N-dealkylation sites (tertiary alicyclic amines) is 2. The van der Waals surface area contributed by atoms with E-state index in [1.54, 1.807) is 6.07 Å². The molecule has 2 amide bonds. The third-order valence-corrected chi connectivity index (χ3v) is 9.41. The lowest BCUT2D eigenvalue weighted by molar-refractivity contribution is -0.269. The molecule has 4 fully saturated rings. The van der Waals surface area contributed by atoms with Gasteiger partial charge in [-0.3, -0.25) is 19.4 Å². The van der Waals surface area contributed by atoms with Crippen LogP contribution in [0.3, 0.4) is 0 Å². The lowest BCUT2D eigenvalue weighted by Crippen LogP contribution is -2.53. The fraction of sp³-hybridized carbons (Fsp3) is 0.533. The number of halogens is 1. The third kappa shape index (κ3) is 4.14. The Hall–Kier alpha value is -2.81. The number of phenols is 1. The molecule has 6 rings (SSSR count). The molecule has 6 atom stereocenters. The Kier molecular flexibility index (Phi) is 6.53. The van der Waals surface area contributed by atoms with E-state index in [0.29, 0.717) is 24.8 Å². The number of ether oxygens (including phenoxy) is 1. The van der Waals surface area contributed by atoms with Gasteiger partial charge in [0.15, 0.2) is 17.4 Å². The quantitative estimate of drug-likeness (QED) is 0.577. The molecule has 0 radical (unpaired) electrons. The van der Waals surface area contributed by atoms with Crippen LogP contribution >= 0.6 is 0 Å². The summed E-state index contributed by atoms with van der Waals surface area (Å²) in [4.78, 5) is 31.5. The second-order valence-corrected chi connectivity index (χ2v) is 11.4. The minimum Gasteiger partial charge on any atom is -0.505 e. The van der Waals surface area contributed by atoms with Crippen LogP contribution in [0.15, 0.2) is 48.5 Å². The van der Waals surface area contributed by atoms with Crippen molar-refractivity contribution in [2.75, 3.05) is 13.1 Å². The molecule has 0 spiro atoms. The van der Waals surface area contributed by atoms with Crippen molar-refractivity contribution < 1.29 is 28.9 Å². The van der Waals surface area contributed by atoms with Crippen molar-refractivity contribution >= 4 is 11.8 Å². The molecule has 2 aromatic rings. The molecule has 8 heteroatoms. The first kappa shape index (κ1) is 25.5. The van der Waals surface area contributed by atoms with Crippen molar-refractivity contribution in [3.8, 4) is 5.75 Å². The number of aliphatic hydroxyl groups is 1. The van der Waals surface area contributed by atoms with Gasteiger partial charge in [-0.15, -0.1) is 0 Å². The van der Waals surface area contributed by atoms with E-state index in [0.717, 1.165) is 32.5 Å².